The molecule has 0 spiro atoms. The molecule has 0 fully saturated rings. The largest absolute Gasteiger partial charge is 0.301 e. The molecule has 1 rings (SSSR count). The Bertz CT molecular complexity index is 159. The topological polar surface area (TPSA) is 17.1 Å². The predicted molar refractivity (Wildman–Crippen MR) is 47.2 cm³/mol. The van der Waals surface area contributed by atoms with Crippen LogP contribution in [0.1, 0.15) is 0 Å². The molecule has 0 aromatic carbocycles. The Morgan fingerprint density at radius 1 is 1.78 bits per heavy atom. The molecule has 0 aromatic rings. The SMILES string of the molecule is O=CC1(Br)C=CSC1Br. The Balaban J connectivity index is 2.78. The lowest BCUT2D eigenvalue weighted by atomic mass is 10.2. The molecule has 0 saturated heterocycles. The fourth-order valence-electron chi connectivity index (χ4n) is 0.485. The van der Waals surface area contributed by atoms with Crippen molar-refractivity contribution in [2.75, 3.05) is 0 Å². The highest BCUT2D eigenvalue weighted by Gasteiger charge is 2.35. The van der Waals surface area contributed by atoms with E-state index >= 15 is 0 Å². The number of carbonyl (C=O) groups excluding carboxylic acids is 1. The molecule has 9 heavy (non-hydrogen) atoms. The van der Waals surface area contributed by atoms with Crippen LogP contribution in [0, 0.1) is 0 Å². The maximum atomic E-state index is 10.4. The Morgan fingerprint density at radius 2 is 2.44 bits per heavy atom. The fourth-order valence-corrected chi connectivity index (χ4v) is 2.53. The first-order valence-electron chi connectivity index (χ1n) is 2.31. The van der Waals surface area contributed by atoms with E-state index in [-0.39, 0.29) is 4.16 Å². The van der Waals surface area contributed by atoms with Crippen LogP contribution in [0.15, 0.2) is 11.5 Å². The van der Waals surface area contributed by atoms with Crippen LogP contribution >= 0.6 is 43.6 Å². The average Bonchev–Trinajstić information content (AvgIpc) is 2.15. The first-order chi connectivity index (χ1) is 4.19. The highest BCUT2D eigenvalue weighted by molar-refractivity contribution is 9.14. The monoisotopic (exact) mass is 270 g/mol. The minimum absolute atomic E-state index is 0.141. The number of carbonyl (C=O) groups is 1. The second-order valence-corrected chi connectivity index (χ2v) is 5.61. The normalized spacial score (nSPS) is 41.3. The zero-order valence-electron chi connectivity index (χ0n) is 4.38. The lowest BCUT2D eigenvalue weighted by Crippen LogP contribution is -2.25. The van der Waals surface area contributed by atoms with Crippen molar-refractivity contribution < 1.29 is 4.79 Å². The van der Waals surface area contributed by atoms with Gasteiger partial charge in [-0.1, -0.05) is 37.9 Å². The van der Waals surface area contributed by atoms with Crippen LogP contribution in [0.3, 0.4) is 0 Å². The van der Waals surface area contributed by atoms with Gasteiger partial charge in [-0.25, -0.2) is 0 Å². The molecule has 4 heteroatoms. The van der Waals surface area contributed by atoms with E-state index in [1.807, 2.05) is 11.5 Å². The molecule has 2 atom stereocenters. The van der Waals surface area contributed by atoms with Crippen molar-refractivity contribution >= 4 is 49.9 Å². The second kappa shape index (κ2) is 2.76. The van der Waals surface area contributed by atoms with Crippen LogP contribution in [-0.4, -0.2) is 14.8 Å². The number of aldehydes is 1. The molecule has 0 aliphatic carbocycles. The van der Waals surface area contributed by atoms with E-state index in [1.54, 1.807) is 11.8 Å². The summed E-state index contributed by atoms with van der Waals surface area (Å²) < 4.78 is -0.333. The van der Waals surface area contributed by atoms with Crippen molar-refractivity contribution in [3.8, 4) is 0 Å². The van der Waals surface area contributed by atoms with E-state index in [1.165, 1.54) is 0 Å². The minimum atomic E-state index is -0.475. The van der Waals surface area contributed by atoms with E-state index in [2.05, 4.69) is 31.9 Å². The molecule has 1 aliphatic heterocycles. The Kier molecular flexibility index (Phi) is 2.40. The van der Waals surface area contributed by atoms with Gasteiger partial charge in [-0.05, 0) is 5.41 Å². The van der Waals surface area contributed by atoms with Crippen molar-refractivity contribution in [1.82, 2.24) is 0 Å². The smallest absolute Gasteiger partial charge is 0.142 e. The molecule has 0 N–H and O–H groups in total. The Labute approximate surface area is 74.5 Å². The number of thioether (sulfide) groups is 1. The standard InChI is InChI=1S/C5H4Br2OS/c6-4-5(7,3-8)1-2-9-4/h1-4H. The number of rotatable bonds is 1. The molecule has 50 valence electrons. The van der Waals surface area contributed by atoms with E-state index in [0.29, 0.717) is 0 Å². The van der Waals surface area contributed by atoms with Crippen LogP contribution in [0.2, 0.25) is 0 Å². The summed E-state index contributed by atoms with van der Waals surface area (Å²) in [6.07, 6.45) is 2.73. The molecule has 0 amide bonds. The molecule has 0 bridgehead atoms. The third-order valence-corrected chi connectivity index (χ3v) is 5.20. The van der Waals surface area contributed by atoms with Gasteiger partial charge in [-0.15, -0.1) is 11.8 Å². The van der Waals surface area contributed by atoms with Gasteiger partial charge >= 0.3 is 0 Å². The van der Waals surface area contributed by atoms with Crippen molar-refractivity contribution in [1.29, 1.82) is 0 Å². The molecular formula is C5H4Br2OS. The van der Waals surface area contributed by atoms with Gasteiger partial charge < -0.3 is 4.79 Å². The summed E-state index contributed by atoms with van der Waals surface area (Å²) >= 11 is 8.22. The van der Waals surface area contributed by atoms with Gasteiger partial charge in [0.2, 0.25) is 0 Å². The van der Waals surface area contributed by atoms with Gasteiger partial charge in [0.05, 0.1) is 4.16 Å². The van der Waals surface area contributed by atoms with Crippen molar-refractivity contribution in [2.24, 2.45) is 0 Å². The van der Waals surface area contributed by atoms with E-state index in [9.17, 15) is 4.79 Å². The van der Waals surface area contributed by atoms with Gasteiger partial charge in [-0.3, -0.25) is 0 Å². The van der Waals surface area contributed by atoms with Crippen molar-refractivity contribution in [3.63, 3.8) is 0 Å². The van der Waals surface area contributed by atoms with E-state index in [0.717, 1.165) is 6.29 Å². The summed E-state index contributed by atoms with van der Waals surface area (Å²) in [5.74, 6) is 0. The summed E-state index contributed by atoms with van der Waals surface area (Å²) in [6, 6.07) is 0. The fraction of sp³-hybridized carbons (Fsp3) is 0.400. The van der Waals surface area contributed by atoms with Crippen LogP contribution in [0.4, 0.5) is 0 Å². The average molecular weight is 272 g/mol. The Morgan fingerprint density at radius 3 is 2.67 bits per heavy atom. The maximum absolute atomic E-state index is 10.4. The zero-order chi connectivity index (χ0) is 6.91. The highest BCUT2D eigenvalue weighted by atomic mass is 79.9. The van der Waals surface area contributed by atoms with Crippen molar-refractivity contribution in [3.05, 3.63) is 11.5 Å². The summed E-state index contributed by atoms with van der Waals surface area (Å²) in [5, 5.41) is 1.91. The lowest BCUT2D eigenvalue weighted by Gasteiger charge is -2.14. The molecule has 1 aliphatic rings. The summed E-state index contributed by atoms with van der Waals surface area (Å²) in [7, 11) is 0. The van der Waals surface area contributed by atoms with Gasteiger partial charge in [0.25, 0.3) is 0 Å². The summed E-state index contributed by atoms with van der Waals surface area (Å²) in [5.41, 5.74) is 0. The first kappa shape index (κ1) is 7.82. The molecule has 1 heterocycles. The maximum Gasteiger partial charge on any atom is 0.142 e. The van der Waals surface area contributed by atoms with Gasteiger partial charge in [0, 0.05) is 0 Å². The van der Waals surface area contributed by atoms with Gasteiger partial charge in [-0.2, -0.15) is 0 Å². The molecule has 0 saturated carbocycles. The Hall–Kier alpha value is 0.720. The van der Waals surface area contributed by atoms with E-state index in [4.69, 9.17) is 0 Å². The number of alkyl halides is 2. The van der Waals surface area contributed by atoms with Crippen molar-refractivity contribution in [2.45, 2.75) is 8.48 Å². The summed E-state index contributed by atoms with van der Waals surface area (Å²) in [6.45, 7) is 0. The molecule has 0 aromatic heterocycles. The quantitative estimate of drug-likeness (QED) is 0.538. The van der Waals surface area contributed by atoms with Crippen LogP contribution < -0.4 is 0 Å². The summed E-state index contributed by atoms with van der Waals surface area (Å²) in [4.78, 5) is 10.4. The van der Waals surface area contributed by atoms with E-state index < -0.39 is 4.32 Å². The third kappa shape index (κ3) is 1.41. The number of allylic oxidation sites excluding steroid dienone is 1. The minimum Gasteiger partial charge on any atom is -0.301 e. The van der Waals surface area contributed by atoms with Crippen LogP contribution in [-0.2, 0) is 4.79 Å². The molecule has 2 unspecified atom stereocenters. The first-order valence-corrected chi connectivity index (χ1v) is 4.97. The molecule has 0 radical (unpaired) electrons. The second-order valence-electron chi connectivity index (χ2n) is 1.70. The van der Waals surface area contributed by atoms with Crippen LogP contribution in [0.25, 0.3) is 0 Å². The van der Waals surface area contributed by atoms with Gasteiger partial charge in [0.15, 0.2) is 0 Å². The zero-order valence-corrected chi connectivity index (χ0v) is 8.37. The number of hydrogen-bond donors (Lipinski definition) is 0. The number of halogens is 2. The lowest BCUT2D eigenvalue weighted by molar-refractivity contribution is -0.108. The molecular weight excluding hydrogens is 268 g/mol. The van der Waals surface area contributed by atoms with Crippen LogP contribution in [0.5, 0.6) is 0 Å². The van der Waals surface area contributed by atoms with Gasteiger partial charge in [0.1, 0.15) is 10.6 Å². The molecule has 1 nitrogen and oxygen atoms in total. The highest BCUT2D eigenvalue weighted by Crippen LogP contribution is 2.41. The number of hydrogen-bond acceptors (Lipinski definition) is 2. The predicted octanol–water partition coefficient (Wildman–Crippen LogP) is 2.30. The third-order valence-electron chi connectivity index (χ3n) is 1.05.